The van der Waals surface area contributed by atoms with Gasteiger partial charge in [0, 0.05) is 29.5 Å². The maximum absolute atomic E-state index is 12.8. The number of likely N-dealkylation sites (tertiary alicyclic amines) is 1. The molecule has 0 N–H and O–H groups in total. The van der Waals surface area contributed by atoms with E-state index in [1.165, 1.54) is 0 Å². The average molecular weight is 356 g/mol. The zero-order valence-electron chi connectivity index (χ0n) is 12.6. The van der Waals surface area contributed by atoms with E-state index in [0.717, 1.165) is 37.6 Å². The predicted molar refractivity (Wildman–Crippen MR) is 86.6 cm³/mol. The van der Waals surface area contributed by atoms with Crippen molar-refractivity contribution < 1.29 is 14.3 Å². The minimum Gasteiger partial charge on any atom is -0.497 e. The Morgan fingerprint density at radius 3 is 2.52 bits per heavy atom. The van der Waals surface area contributed by atoms with Crippen molar-refractivity contribution in [2.45, 2.75) is 31.7 Å². The number of rotatable bonds is 6. The first-order chi connectivity index (χ1) is 10.2. The highest BCUT2D eigenvalue weighted by molar-refractivity contribution is 9.09. The normalized spacial score (nSPS) is 17.9. The van der Waals surface area contributed by atoms with Crippen molar-refractivity contribution in [1.29, 1.82) is 0 Å². The van der Waals surface area contributed by atoms with Gasteiger partial charge in [-0.15, -0.1) is 0 Å². The van der Waals surface area contributed by atoms with Crippen LogP contribution in [0.1, 0.15) is 36.0 Å². The number of carbonyl (C=O) groups excluding carboxylic acids is 1. The van der Waals surface area contributed by atoms with E-state index >= 15 is 0 Å². The number of hydrogen-bond acceptors (Lipinski definition) is 3. The molecule has 1 aliphatic heterocycles. The number of benzene rings is 1. The van der Waals surface area contributed by atoms with Crippen molar-refractivity contribution in [3.05, 3.63) is 23.8 Å². The molecular formula is C16H22BrNO3. The molecule has 1 aromatic rings. The molecule has 21 heavy (non-hydrogen) atoms. The Labute approximate surface area is 134 Å². The summed E-state index contributed by atoms with van der Waals surface area (Å²) >= 11 is 3.46. The van der Waals surface area contributed by atoms with Crippen LogP contribution < -0.4 is 9.47 Å². The standard InChI is InChI=1S/C16H22BrNO3/c1-20-14-9-12(10-15(11-14)21-2)16(19)18-8-4-6-13(18)5-3-7-17/h9-11,13H,3-8H2,1-2H3. The van der Waals surface area contributed by atoms with E-state index in [0.29, 0.717) is 23.1 Å². The maximum Gasteiger partial charge on any atom is 0.254 e. The van der Waals surface area contributed by atoms with Crippen LogP contribution in [0.4, 0.5) is 0 Å². The molecule has 1 atom stereocenters. The van der Waals surface area contributed by atoms with Gasteiger partial charge in [0.1, 0.15) is 11.5 Å². The Morgan fingerprint density at radius 2 is 1.95 bits per heavy atom. The molecule has 116 valence electrons. The molecule has 1 saturated heterocycles. The molecule has 1 unspecified atom stereocenters. The van der Waals surface area contributed by atoms with Gasteiger partial charge in [-0.2, -0.15) is 0 Å². The average Bonchev–Trinajstić information content (AvgIpc) is 2.99. The van der Waals surface area contributed by atoms with E-state index in [1.807, 2.05) is 4.90 Å². The highest BCUT2D eigenvalue weighted by Gasteiger charge is 2.29. The van der Waals surface area contributed by atoms with Gasteiger partial charge in [-0.05, 0) is 37.8 Å². The van der Waals surface area contributed by atoms with Gasteiger partial charge in [0.05, 0.1) is 14.2 Å². The summed E-state index contributed by atoms with van der Waals surface area (Å²) in [4.78, 5) is 14.8. The summed E-state index contributed by atoms with van der Waals surface area (Å²) < 4.78 is 10.5. The van der Waals surface area contributed by atoms with Crippen LogP contribution in [-0.4, -0.2) is 42.9 Å². The summed E-state index contributed by atoms with van der Waals surface area (Å²) in [7, 11) is 3.19. The SMILES string of the molecule is COc1cc(OC)cc(C(=O)N2CCCC2CCCBr)c1. The molecule has 5 heteroatoms. The summed E-state index contributed by atoms with van der Waals surface area (Å²) in [5, 5.41) is 0.985. The van der Waals surface area contributed by atoms with E-state index in [1.54, 1.807) is 32.4 Å². The monoisotopic (exact) mass is 355 g/mol. The number of amides is 1. The topological polar surface area (TPSA) is 38.8 Å². The summed E-state index contributed by atoms with van der Waals surface area (Å²) in [6.07, 6.45) is 4.33. The van der Waals surface area contributed by atoms with Gasteiger partial charge in [0.15, 0.2) is 0 Å². The van der Waals surface area contributed by atoms with Crippen LogP contribution in [-0.2, 0) is 0 Å². The quantitative estimate of drug-likeness (QED) is 0.733. The van der Waals surface area contributed by atoms with Crippen LogP contribution in [0.15, 0.2) is 18.2 Å². The van der Waals surface area contributed by atoms with Crippen LogP contribution in [0.2, 0.25) is 0 Å². The number of hydrogen-bond donors (Lipinski definition) is 0. The molecule has 0 radical (unpaired) electrons. The second-order valence-corrected chi connectivity index (χ2v) is 6.02. The molecule has 4 nitrogen and oxygen atoms in total. The first-order valence-electron chi connectivity index (χ1n) is 7.29. The van der Waals surface area contributed by atoms with E-state index in [-0.39, 0.29) is 5.91 Å². The number of carbonyl (C=O) groups is 1. The predicted octanol–water partition coefficient (Wildman–Crippen LogP) is 3.48. The Hall–Kier alpha value is -1.23. The number of alkyl halides is 1. The Balaban J connectivity index is 2.18. The lowest BCUT2D eigenvalue weighted by Crippen LogP contribution is -2.35. The molecule has 0 spiro atoms. The molecule has 0 aliphatic carbocycles. The zero-order chi connectivity index (χ0) is 15.2. The Bertz CT molecular complexity index is 470. The maximum atomic E-state index is 12.8. The lowest BCUT2D eigenvalue weighted by Gasteiger charge is -2.25. The summed E-state index contributed by atoms with van der Waals surface area (Å²) in [6.45, 7) is 0.839. The summed E-state index contributed by atoms with van der Waals surface area (Å²) in [5.74, 6) is 1.37. The van der Waals surface area contributed by atoms with Gasteiger partial charge in [0.25, 0.3) is 5.91 Å². The van der Waals surface area contributed by atoms with E-state index in [2.05, 4.69) is 15.9 Å². The fraction of sp³-hybridized carbons (Fsp3) is 0.562. The van der Waals surface area contributed by atoms with Crippen molar-refractivity contribution in [3.63, 3.8) is 0 Å². The van der Waals surface area contributed by atoms with Crippen LogP contribution in [0, 0.1) is 0 Å². The highest BCUT2D eigenvalue weighted by atomic mass is 79.9. The van der Waals surface area contributed by atoms with Crippen molar-refractivity contribution in [2.24, 2.45) is 0 Å². The lowest BCUT2D eigenvalue weighted by atomic mass is 10.1. The largest absolute Gasteiger partial charge is 0.497 e. The van der Waals surface area contributed by atoms with Crippen LogP contribution in [0.5, 0.6) is 11.5 Å². The summed E-state index contributed by atoms with van der Waals surface area (Å²) in [5.41, 5.74) is 0.636. The van der Waals surface area contributed by atoms with E-state index in [4.69, 9.17) is 9.47 Å². The van der Waals surface area contributed by atoms with Crippen molar-refractivity contribution in [1.82, 2.24) is 4.90 Å². The minimum atomic E-state index is 0.0734. The molecule has 0 saturated carbocycles. The first-order valence-corrected chi connectivity index (χ1v) is 8.41. The van der Waals surface area contributed by atoms with Crippen LogP contribution >= 0.6 is 15.9 Å². The lowest BCUT2D eigenvalue weighted by molar-refractivity contribution is 0.0729. The number of ether oxygens (including phenoxy) is 2. The van der Waals surface area contributed by atoms with Crippen LogP contribution in [0.25, 0.3) is 0 Å². The van der Waals surface area contributed by atoms with Gasteiger partial charge >= 0.3 is 0 Å². The first kappa shape index (κ1) is 16.1. The minimum absolute atomic E-state index is 0.0734. The molecule has 2 rings (SSSR count). The van der Waals surface area contributed by atoms with E-state index < -0.39 is 0 Å². The zero-order valence-corrected chi connectivity index (χ0v) is 14.2. The van der Waals surface area contributed by atoms with Gasteiger partial charge in [-0.25, -0.2) is 0 Å². The third kappa shape index (κ3) is 3.90. The third-order valence-corrected chi connectivity index (χ3v) is 4.47. The number of nitrogens with zero attached hydrogens (tertiary/aromatic N) is 1. The Morgan fingerprint density at radius 1 is 1.29 bits per heavy atom. The molecule has 1 aromatic carbocycles. The van der Waals surface area contributed by atoms with Gasteiger partial charge < -0.3 is 14.4 Å². The molecule has 1 amide bonds. The molecule has 1 heterocycles. The number of methoxy groups -OCH3 is 2. The molecule has 1 fully saturated rings. The van der Waals surface area contributed by atoms with E-state index in [9.17, 15) is 4.79 Å². The van der Waals surface area contributed by atoms with Crippen molar-refractivity contribution >= 4 is 21.8 Å². The van der Waals surface area contributed by atoms with Gasteiger partial charge in [-0.1, -0.05) is 15.9 Å². The molecule has 0 bridgehead atoms. The fourth-order valence-electron chi connectivity index (χ4n) is 2.81. The van der Waals surface area contributed by atoms with Crippen LogP contribution in [0.3, 0.4) is 0 Å². The fourth-order valence-corrected chi connectivity index (χ4v) is 3.14. The third-order valence-electron chi connectivity index (χ3n) is 3.91. The summed E-state index contributed by atoms with van der Waals surface area (Å²) in [6, 6.07) is 5.70. The smallest absolute Gasteiger partial charge is 0.254 e. The van der Waals surface area contributed by atoms with Crippen molar-refractivity contribution in [2.75, 3.05) is 26.1 Å². The molecule has 0 aromatic heterocycles. The molecular weight excluding hydrogens is 334 g/mol. The van der Waals surface area contributed by atoms with Gasteiger partial charge in [0.2, 0.25) is 0 Å². The second kappa shape index (κ2) is 7.69. The molecule has 1 aliphatic rings. The van der Waals surface area contributed by atoms with Gasteiger partial charge in [-0.3, -0.25) is 4.79 Å². The highest BCUT2D eigenvalue weighted by Crippen LogP contribution is 2.27. The van der Waals surface area contributed by atoms with Crippen molar-refractivity contribution in [3.8, 4) is 11.5 Å². The number of halogens is 1. The Kier molecular flexibility index (Phi) is 5.91. The second-order valence-electron chi connectivity index (χ2n) is 5.23.